The maximum Gasteiger partial charge on any atom is 0.268 e. The lowest BCUT2D eigenvalue weighted by Crippen LogP contribution is -2.47. The van der Waals surface area contributed by atoms with Gasteiger partial charge in [-0.2, -0.15) is 0 Å². The summed E-state index contributed by atoms with van der Waals surface area (Å²) < 4.78 is 11.0. The van der Waals surface area contributed by atoms with Gasteiger partial charge >= 0.3 is 0 Å². The average Bonchev–Trinajstić information content (AvgIpc) is 2.73. The van der Waals surface area contributed by atoms with Crippen LogP contribution in [0.2, 0.25) is 0 Å². The lowest BCUT2D eigenvalue weighted by atomic mass is 10.1. The van der Waals surface area contributed by atoms with Crippen molar-refractivity contribution in [2.24, 2.45) is 0 Å². The van der Waals surface area contributed by atoms with Crippen LogP contribution in [-0.2, 0) is 14.4 Å². The van der Waals surface area contributed by atoms with E-state index in [0.29, 0.717) is 34.1 Å². The molecule has 2 aromatic rings. The Morgan fingerprint density at radius 3 is 2.61 bits per heavy atom. The fourth-order valence-electron chi connectivity index (χ4n) is 3.49. The van der Waals surface area contributed by atoms with E-state index < -0.39 is 12.0 Å². The van der Waals surface area contributed by atoms with E-state index >= 15 is 0 Å². The Kier molecular flexibility index (Phi) is 5.10. The van der Waals surface area contributed by atoms with Gasteiger partial charge in [-0.1, -0.05) is 0 Å². The number of likely N-dealkylation sites (N-methyl/N-ethyl adjacent to an activating group) is 1. The van der Waals surface area contributed by atoms with Gasteiger partial charge in [-0.15, -0.1) is 0 Å². The number of anilines is 3. The van der Waals surface area contributed by atoms with Crippen molar-refractivity contribution in [2.45, 2.75) is 20.0 Å². The zero-order valence-electron chi connectivity index (χ0n) is 17.3. The lowest BCUT2D eigenvalue weighted by Gasteiger charge is -2.32. The second kappa shape index (κ2) is 7.75. The van der Waals surface area contributed by atoms with E-state index in [0.717, 1.165) is 0 Å². The predicted molar refractivity (Wildman–Crippen MR) is 113 cm³/mol. The van der Waals surface area contributed by atoms with Gasteiger partial charge in [0, 0.05) is 24.4 Å². The molecule has 0 saturated carbocycles. The first-order chi connectivity index (χ1) is 14.7. The van der Waals surface area contributed by atoms with Gasteiger partial charge in [0.05, 0.1) is 11.4 Å². The highest BCUT2D eigenvalue weighted by molar-refractivity contribution is 6.07. The summed E-state index contributed by atoms with van der Waals surface area (Å²) in [5.41, 5.74) is 1.87. The van der Waals surface area contributed by atoms with E-state index in [9.17, 15) is 19.2 Å². The molecular formula is C22H21N3O6. The van der Waals surface area contributed by atoms with E-state index in [1.54, 1.807) is 50.4 Å². The van der Waals surface area contributed by atoms with Gasteiger partial charge in [0.15, 0.2) is 18.5 Å². The highest BCUT2D eigenvalue weighted by Gasteiger charge is 2.33. The molecule has 1 unspecified atom stereocenters. The van der Waals surface area contributed by atoms with Gasteiger partial charge in [0.25, 0.3) is 11.8 Å². The first kappa shape index (κ1) is 20.4. The number of amides is 3. The molecule has 2 aromatic carbocycles. The second-order valence-electron chi connectivity index (χ2n) is 7.40. The fourth-order valence-corrected chi connectivity index (χ4v) is 3.49. The zero-order valence-corrected chi connectivity index (χ0v) is 17.3. The maximum absolute atomic E-state index is 12.7. The van der Waals surface area contributed by atoms with Gasteiger partial charge in [0.2, 0.25) is 5.91 Å². The third-order valence-electron chi connectivity index (χ3n) is 5.21. The van der Waals surface area contributed by atoms with E-state index in [4.69, 9.17) is 9.47 Å². The van der Waals surface area contributed by atoms with Gasteiger partial charge < -0.3 is 19.7 Å². The van der Waals surface area contributed by atoms with Crippen molar-refractivity contribution in [1.82, 2.24) is 0 Å². The predicted octanol–water partition coefficient (Wildman–Crippen LogP) is 2.00. The van der Waals surface area contributed by atoms with Crippen molar-refractivity contribution in [3.8, 4) is 11.5 Å². The summed E-state index contributed by atoms with van der Waals surface area (Å²) in [5.74, 6) is -0.213. The Bertz CT molecular complexity index is 1110. The molecule has 0 spiro atoms. The molecule has 0 radical (unpaired) electrons. The van der Waals surface area contributed by atoms with Crippen molar-refractivity contribution >= 4 is 40.6 Å². The number of rotatable bonds is 4. The molecule has 2 aliphatic heterocycles. The number of Topliss-reactive ketones (excluding diaryl/α,β-unsaturated/α-hetero) is 1. The summed E-state index contributed by atoms with van der Waals surface area (Å²) >= 11 is 0. The van der Waals surface area contributed by atoms with Crippen LogP contribution in [0.15, 0.2) is 36.4 Å². The number of ketones is 1. The number of nitrogens with one attached hydrogen (secondary N) is 1. The van der Waals surface area contributed by atoms with Crippen LogP contribution in [0.5, 0.6) is 11.5 Å². The quantitative estimate of drug-likeness (QED) is 0.754. The van der Waals surface area contributed by atoms with E-state index in [-0.39, 0.29) is 30.7 Å². The Morgan fingerprint density at radius 2 is 1.87 bits per heavy atom. The first-order valence-electron chi connectivity index (χ1n) is 9.71. The topological polar surface area (TPSA) is 105 Å². The Hall–Kier alpha value is -3.88. The molecular weight excluding hydrogens is 402 g/mol. The van der Waals surface area contributed by atoms with Crippen molar-refractivity contribution in [3.63, 3.8) is 0 Å². The molecule has 1 atom stereocenters. The molecule has 1 N–H and O–H groups in total. The van der Waals surface area contributed by atoms with Crippen LogP contribution in [0.3, 0.4) is 0 Å². The first-order valence-corrected chi connectivity index (χ1v) is 9.71. The minimum absolute atomic E-state index is 0.0731. The molecule has 0 aromatic heterocycles. The highest BCUT2D eigenvalue weighted by Crippen LogP contribution is 2.36. The Balaban J connectivity index is 1.55. The summed E-state index contributed by atoms with van der Waals surface area (Å²) in [6.45, 7) is 2.71. The van der Waals surface area contributed by atoms with Gasteiger partial charge in [-0.25, -0.2) is 0 Å². The van der Waals surface area contributed by atoms with E-state index in [1.807, 2.05) is 0 Å². The number of benzene rings is 2. The van der Waals surface area contributed by atoms with Gasteiger partial charge in [-0.3, -0.25) is 24.1 Å². The zero-order chi connectivity index (χ0) is 22.3. The summed E-state index contributed by atoms with van der Waals surface area (Å²) in [6.07, 6.45) is -0.756. The van der Waals surface area contributed by atoms with Crippen LogP contribution in [0.1, 0.15) is 24.2 Å². The summed E-state index contributed by atoms with van der Waals surface area (Å²) in [6, 6.07) is 9.75. The molecule has 0 bridgehead atoms. The second-order valence-corrected chi connectivity index (χ2v) is 7.40. The molecule has 3 amide bonds. The fraction of sp³-hybridized carbons (Fsp3) is 0.273. The molecule has 31 heavy (non-hydrogen) atoms. The molecule has 0 saturated heterocycles. The van der Waals surface area contributed by atoms with Crippen LogP contribution < -0.4 is 24.6 Å². The number of hydrogen-bond donors (Lipinski definition) is 1. The van der Waals surface area contributed by atoms with Gasteiger partial charge in [0.1, 0.15) is 18.0 Å². The van der Waals surface area contributed by atoms with Crippen LogP contribution in [0, 0.1) is 0 Å². The minimum Gasteiger partial charge on any atom is -0.481 e. The normalized spacial score (nSPS) is 17.3. The third kappa shape index (κ3) is 3.81. The van der Waals surface area contributed by atoms with Crippen molar-refractivity contribution in [2.75, 3.05) is 35.3 Å². The maximum atomic E-state index is 12.7. The number of ether oxygens (including phenoxy) is 2. The molecule has 2 heterocycles. The molecule has 160 valence electrons. The SMILES string of the molecule is CC(=O)c1ccc2c(c1)N(CC(=O)Nc1ccc3c(c1)OCC(=O)N3C)C(=O)C(C)O2. The number of nitrogens with zero attached hydrogens (tertiary/aromatic N) is 2. The van der Waals surface area contributed by atoms with E-state index in [2.05, 4.69) is 5.32 Å². The van der Waals surface area contributed by atoms with Crippen LogP contribution >= 0.6 is 0 Å². The monoisotopic (exact) mass is 423 g/mol. The summed E-state index contributed by atoms with van der Waals surface area (Å²) in [5, 5.41) is 2.74. The Labute approximate surface area is 178 Å². The summed E-state index contributed by atoms with van der Waals surface area (Å²) in [4.78, 5) is 51.7. The lowest BCUT2D eigenvalue weighted by molar-refractivity contribution is -0.127. The largest absolute Gasteiger partial charge is 0.481 e. The number of carbonyl (C=O) groups is 4. The van der Waals surface area contributed by atoms with Crippen molar-refractivity contribution in [3.05, 3.63) is 42.0 Å². The standard InChI is InChI=1S/C22H21N3O6/c1-12(26)14-4-7-18-17(8-14)25(22(29)13(2)31-18)10-20(27)23-15-5-6-16-19(9-15)30-11-21(28)24(16)3/h4-9,13H,10-11H2,1-3H3,(H,23,27). The van der Waals surface area contributed by atoms with Crippen LogP contribution in [0.25, 0.3) is 0 Å². The van der Waals surface area contributed by atoms with Crippen LogP contribution in [0.4, 0.5) is 17.1 Å². The summed E-state index contributed by atoms with van der Waals surface area (Å²) in [7, 11) is 1.65. The van der Waals surface area contributed by atoms with Crippen molar-refractivity contribution < 1.29 is 28.7 Å². The number of carbonyl (C=O) groups excluding carboxylic acids is 4. The number of hydrogen-bond acceptors (Lipinski definition) is 6. The van der Waals surface area contributed by atoms with Gasteiger partial charge in [-0.05, 0) is 44.2 Å². The highest BCUT2D eigenvalue weighted by atomic mass is 16.5. The molecule has 9 nitrogen and oxygen atoms in total. The molecule has 0 aliphatic carbocycles. The molecule has 4 rings (SSSR count). The van der Waals surface area contributed by atoms with Crippen LogP contribution in [-0.4, -0.2) is 49.8 Å². The minimum atomic E-state index is -0.756. The molecule has 2 aliphatic rings. The van der Waals surface area contributed by atoms with Crippen molar-refractivity contribution in [1.29, 1.82) is 0 Å². The van der Waals surface area contributed by atoms with E-state index in [1.165, 1.54) is 16.7 Å². The third-order valence-corrected chi connectivity index (χ3v) is 5.21. The molecule has 9 heteroatoms. The Morgan fingerprint density at radius 1 is 1.10 bits per heavy atom. The average molecular weight is 423 g/mol. The number of fused-ring (bicyclic) bond motifs is 2. The molecule has 0 fully saturated rings. The smallest absolute Gasteiger partial charge is 0.268 e.